The Morgan fingerprint density at radius 3 is 2.74 bits per heavy atom. The molecule has 0 fully saturated rings. The summed E-state index contributed by atoms with van der Waals surface area (Å²) in [6, 6.07) is 8.01. The number of H-pyrrole nitrogens is 1. The lowest BCUT2D eigenvalue weighted by molar-refractivity contribution is -0.144. The van der Waals surface area contributed by atoms with Crippen molar-refractivity contribution in [2.24, 2.45) is 0 Å². The van der Waals surface area contributed by atoms with Gasteiger partial charge in [0.25, 0.3) is 0 Å². The maximum atomic E-state index is 12.7. The molecule has 140 valence electrons. The number of allylic oxidation sites excluding steroid dienone is 2. The Hall–Kier alpha value is -3.02. The Morgan fingerprint density at radius 1 is 1.22 bits per heavy atom. The van der Waals surface area contributed by atoms with Gasteiger partial charge in [-0.15, -0.1) is 0 Å². The summed E-state index contributed by atoms with van der Waals surface area (Å²) in [6.45, 7) is 0. The Morgan fingerprint density at radius 2 is 2.00 bits per heavy atom. The molecule has 3 atom stereocenters. The fourth-order valence-corrected chi connectivity index (χ4v) is 4.40. The molecule has 0 saturated heterocycles. The number of nitrogens with one attached hydrogen (secondary N) is 1. The van der Waals surface area contributed by atoms with Crippen LogP contribution in [0.25, 0.3) is 10.9 Å². The number of esters is 2. The summed E-state index contributed by atoms with van der Waals surface area (Å²) >= 11 is 0. The molecule has 0 amide bonds. The molecule has 1 aliphatic carbocycles. The number of aromatic nitrogens is 1. The number of benzene rings is 1. The molecule has 6 heteroatoms. The van der Waals surface area contributed by atoms with Crippen LogP contribution in [0.3, 0.4) is 0 Å². The number of fused-ring (bicyclic) bond motifs is 6. The van der Waals surface area contributed by atoms with Crippen LogP contribution in [0.4, 0.5) is 0 Å². The molecule has 4 rings (SSSR count). The van der Waals surface area contributed by atoms with E-state index in [2.05, 4.69) is 9.88 Å². The van der Waals surface area contributed by atoms with Gasteiger partial charge in [-0.05, 0) is 29.7 Å². The van der Waals surface area contributed by atoms with E-state index in [1.807, 2.05) is 37.5 Å². The van der Waals surface area contributed by atoms with Crippen molar-refractivity contribution in [3.63, 3.8) is 0 Å². The third-order valence-electron chi connectivity index (χ3n) is 5.64. The zero-order valence-corrected chi connectivity index (χ0v) is 15.6. The number of ether oxygens (including phenoxy) is 2. The second-order valence-electron chi connectivity index (χ2n) is 7.01. The van der Waals surface area contributed by atoms with Gasteiger partial charge in [0.1, 0.15) is 5.92 Å². The van der Waals surface area contributed by atoms with Crippen LogP contribution >= 0.6 is 0 Å². The first-order valence-corrected chi connectivity index (χ1v) is 8.93. The van der Waals surface area contributed by atoms with E-state index in [0.717, 1.165) is 34.2 Å². The Balaban J connectivity index is 1.89. The minimum absolute atomic E-state index is 0.00410. The fraction of sp³-hybridized carbons (Fsp3) is 0.333. The van der Waals surface area contributed by atoms with Crippen molar-refractivity contribution in [2.75, 3.05) is 21.3 Å². The molecule has 0 unspecified atom stereocenters. The van der Waals surface area contributed by atoms with Gasteiger partial charge in [0.2, 0.25) is 0 Å². The lowest BCUT2D eigenvalue weighted by Gasteiger charge is -2.44. The first kappa shape index (κ1) is 17.4. The van der Waals surface area contributed by atoms with E-state index in [0.29, 0.717) is 0 Å². The minimum Gasteiger partial charge on any atom is -0.468 e. The molecule has 1 aromatic carbocycles. The first-order chi connectivity index (χ1) is 13.0. The standard InChI is InChI=1S/C21H22N2O4/c1-23-11-12(8-9-17(24)26-2)14-10-16(23)19(21(25)27-3)18-13-6-4-5-7-15(13)22-20(14)18/h4-9,11,14,16,19,22H,10H2,1-3H3/b9-8+/t14-,16-,19+/m0/s1. The van der Waals surface area contributed by atoms with E-state index in [9.17, 15) is 9.59 Å². The summed E-state index contributed by atoms with van der Waals surface area (Å²) in [5.74, 6) is -0.890. The van der Waals surface area contributed by atoms with Crippen LogP contribution in [0.2, 0.25) is 0 Å². The highest BCUT2D eigenvalue weighted by atomic mass is 16.5. The molecule has 2 heterocycles. The number of carbonyl (C=O) groups is 2. The maximum Gasteiger partial charge on any atom is 0.330 e. The normalized spacial score (nSPS) is 23.9. The van der Waals surface area contributed by atoms with Crippen LogP contribution in [-0.2, 0) is 19.1 Å². The van der Waals surface area contributed by atoms with E-state index < -0.39 is 0 Å². The van der Waals surface area contributed by atoms with Crippen molar-refractivity contribution in [2.45, 2.75) is 24.3 Å². The number of nitrogens with zero attached hydrogens (tertiary/aromatic N) is 1. The topological polar surface area (TPSA) is 71.6 Å². The number of likely N-dealkylation sites (N-methyl/N-ethyl adjacent to an activating group) is 1. The van der Waals surface area contributed by atoms with E-state index in [4.69, 9.17) is 9.47 Å². The fourth-order valence-electron chi connectivity index (χ4n) is 4.40. The quantitative estimate of drug-likeness (QED) is 0.668. The number of para-hydroxylation sites is 1. The number of aromatic amines is 1. The second-order valence-corrected chi connectivity index (χ2v) is 7.01. The average molecular weight is 366 g/mol. The van der Waals surface area contributed by atoms with E-state index in [1.165, 1.54) is 20.3 Å². The highest BCUT2D eigenvalue weighted by Crippen LogP contribution is 2.49. The van der Waals surface area contributed by atoms with Gasteiger partial charge in [-0.3, -0.25) is 4.79 Å². The molecule has 1 aromatic heterocycles. The van der Waals surface area contributed by atoms with Crippen LogP contribution in [0.5, 0.6) is 0 Å². The van der Waals surface area contributed by atoms with Crippen molar-refractivity contribution in [3.8, 4) is 0 Å². The maximum absolute atomic E-state index is 12.7. The summed E-state index contributed by atoms with van der Waals surface area (Å²) in [5, 5.41) is 1.05. The molecule has 0 spiro atoms. The molecule has 1 N–H and O–H groups in total. The first-order valence-electron chi connectivity index (χ1n) is 8.93. The predicted octanol–water partition coefficient (Wildman–Crippen LogP) is 2.84. The Labute approximate surface area is 157 Å². The van der Waals surface area contributed by atoms with Gasteiger partial charge in [0, 0.05) is 47.9 Å². The lowest BCUT2D eigenvalue weighted by atomic mass is 9.71. The molecule has 2 aromatic rings. The zero-order chi connectivity index (χ0) is 19.1. The molecule has 0 saturated carbocycles. The molecule has 27 heavy (non-hydrogen) atoms. The SMILES string of the molecule is COC(=O)/C=C/C1=CN(C)[C@H]2C[C@@H]1c1[nH]c3ccccc3c1[C@@H]2C(=O)OC. The van der Waals surface area contributed by atoms with Crippen molar-refractivity contribution in [3.05, 3.63) is 59.4 Å². The van der Waals surface area contributed by atoms with E-state index in [-0.39, 0.29) is 29.8 Å². The molecular weight excluding hydrogens is 344 g/mol. The van der Waals surface area contributed by atoms with Crippen LogP contribution in [-0.4, -0.2) is 49.1 Å². The van der Waals surface area contributed by atoms with Crippen molar-refractivity contribution < 1.29 is 19.1 Å². The van der Waals surface area contributed by atoms with E-state index in [1.54, 1.807) is 6.08 Å². The van der Waals surface area contributed by atoms with Gasteiger partial charge in [0.15, 0.2) is 0 Å². The summed E-state index contributed by atoms with van der Waals surface area (Å²) < 4.78 is 9.87. The van der Waals surface area contributed by atoms with Crippen LogP contribution in [0, 0.1) is 0 Å². The van der Waals surface area contributed by atoms with Gasteiger partial charge in [-0.2, -0.15) is 0 Å². The number of rotatable bonds is 3. The van der Waals surface area contributed by atoms with Crippen molar-refractivity contribution in [1.29, 1.82) is 0 Å². The summed E-state index contributed by atoms with van der Waals surface area (Å²) in [5.41, 5.74) is 4.04. The third kappa shape index (κ3) is 2.72. The van der Waals surface area contributed by atoms with Gasteiger partial charge < -0.3 is 19.4 Å². The molecule has 0 radical (unpaired) electrons. The predicted molar refractivity (Wildman–Crippen MR) is 101 cm³/mol. The van der Waals surface area contributed by atoms with Crippen molar-refractivity contribution in [1.82, 2.24) is 9.88 Å². The summed E-state index contributed by atoms with van der Waals surface area (Å²) in [7, 11) is 4.76. The number of hydrogen-bond donors (Lipinski definition) is 1. The van der Waals surface area contributed by atoms with Crippen LogP contribution in [0.15, 0.2) is 48.2 Å². The lowest BCUT2D eigenvalue weighted by Crippen LogP contribution is -2.45. The number of hydrogen-bond acceptors (Lipinski definition) is 5. The van der Waals surface area contributed by atoms with Gasteiger partial charge in [0.05, 0.1) is 14.2 Å². The number of methoxy groups -OCH3 is 2. The van der Waals surface area contributed by atoms with Crippen LogP contribution in [0.1, 0.15) is 29.5 Å². The Bertz CT molecular complexity index is 972. The largest absolute Gasteiger partial charge is 0.468 e. The highest BCUT2D eigenvalue weighted by Gasteiger charge is 2.46. The minimum atomic E-state index is -0.388. The summed E-state index contributed by atoms with van der Waals surface area (Å²) in [6.07, 6.45) is 6.02. The highest BCUT2D eigenvalue weighted by molar-refractivity contribution is 5.93. The van der Waals surface area contributed by atoms with E-state index >= 15 is 0 Å². The Kier molecular flexibility index (Phi) is 4.26. The molecule has 1 aliphatic heterocycles. The molecule has 2 bridgehead atoms. The van der Waals surface area contributed by atoms with Crippen LogP contribution < -0.4 is 0 Å². The van der Waals surface area contributed by atoms with Gasteiger partial charge in [-0.1, -0.05) is 18.2 Å². The van der Waals surface area contributed by atoms with Gasteiger partial charge in [-0.25, -0.2) is 4.79 Å². The number of carbonyl (C=O) groups excluding carboxylic acids is 2. The van der Waals surface area contributed by atoms with Gasteiger partial charge >= 0.3 is 11.9 Å². The van der Waals surface area contributed by atoms with Crippen molar-refractivity contribution >= 4 is 22.8 Å². The average Bonchev–Trinajstić information content (AvgIpc) is 3.07. The smallest absolute Gasteiger partial charge is 0.330 e. The summed E-state index contributed by atoms with van der Waals surface area (Å²) in [4.78, 5) is 29.8. The molecular formula is C21H22N2O4. The second kappa shape index (κ2) is 6.61. The monoisotopic (exact) mass is 366 g/mol. The third-order valence-corrected chi connectivity index (χ3v) is 5.64. The molecule has 6 nitrogen and oxygen atoms in total. The molecule has 2 aliphatic rings. The zero-order valence-electron chi connectivity index (χ0n) is 15.6.